The molecule has 0 aliphatic carbocycles. The lowest BCUT2D eigenvalue weighted by Gasteiger charge is -2.24. The van der Waals surface area contributed by atoms with E-state index >= 15 is 0 Å². The van der Waals surface area contributed by atoms with Gasteiger partial charge in [0, 0.05) is 41.0 Å². The number of anilines is 4. The van der Waals surface area contributed by atoms with Gasteiger partial charge in [-0.25, -0.2) is 4.98 Å². The van der Waals surface area contributed by atoms with E-state index < -0.39 is 0 Å². The largest absolute Gasteiger partial charge is 0.383 e. The number of nitrogens with zero attached hydrogens (tertiary/aromatic N) is 2. The zero-order valence-corrected chi connectivity index (χ0v) is 20.0. The van der Waals surface area contributed by atoms with E-state index in [0.29, 0.717) is 35.2 Å². The fourth-order valence-electron chi connectivity index (χ4n) is 4.16. The average Bonchev–Trinajstić information content (AvgIpc) is 2.89. The van der Waals surface area contributed by atoms with E-state index in [2.05, 4.69) is 27.5 Å². The van der Waals surface area contributed by atoms with E-state index in [4.69, 9.17) is 15.5 Å². The Morgan fingerprint density at radius 3 is 2.64 bits per heavy atom. The molecule has 1 saturated heterocycles. The van der Waals surface area contributed by atoms with Crippen LogP contribution in [0.1, 0.15) is 18.6 Å². The number of nitrogen functional groups attached to an aromatic ring is 1. The Bertz CT molecular complexity index is 1430. The summed E-state index contributed by atoms with van der Waals surface area (Å²) in [6.07, 6.45) is 0.0545. The van der Waals surface area contributed by atoms with Crippen molar-refractivity contribution in [1.82, 2.24) is 15.3 Å². The number of amides is 1. The zero-order valence-electron chi connectivity index (χ0n) is 20.0. The Morgan fingerprint density at radius 2 is 1.89 bits per heavy atom. The summed E-state index contributed by atoms with van der Waals surface area (Å²) in [5.41, 5.74) is 11.9. The third kappa shape index (κ3) is 5.05. The first-order valence-corrected chi connectivity index (χ1v) is 11.8. The Morgan fingerprint density at radius 1 is 1.08 bits per heavy atom. The van der Waals surface area contributed by atoms with E-state index in [9.17, 15) is 4.79 Å². The Balaban J connectivity index is 1.45. The standard InChI is InChI=1S/C28H28N6O2/c1-17(2)27(35)31-21-6-3-5-19(15-21)22-7-4-8-23-25(22)33-28(34-26(23)29)32-20-11-9-18(10-12-20)24-16-30-13-14-36-24/h3-12,15,24,30H,1,13-14,16H2,2H3,(H,31,35)(H3,29,32,33,34). The maximum atomic E-state index is 12.1. The lowest BCUT2D eigenvalue weighted by atomic mass is 10.0. The summed E-state index contributed by atoms with van der Waals surface area (Å²) in [6, 6.07) is 21.4. The number of aromatic nitrogens is 2. The summed E-state index contributed by atoms with van der Waals surface area (Å²) in [6.45, 7) is 7.76. The molecule has 1 amide bonds. The molecule has 0 radical (unpaired) electrons. The predicted octanol–water partition coefficient (Wildman–Crippen LogP) is 4.80. The molecule has 8 heteroatoms. The number of carbonyl (C=O) groups is 1. The first-order valence-electron chi connectivity index (χ1n) is 11.8. The van der Waals surface area contributed by atoms with E-state index in [0.717, 1.165) is 40.9 Å². The number of hydrogen-bond donors (Lipinski definition) is 4. The molecule has 0 saturated carbocycles. The molecule has 1 fully saturated rings. The molecule has 1 atom stereocenters. The van der Waals surface area contributed by atoms with Crippen molar-refractivity contribution in [2.75, 3.05) is 36.1 Å². The number of fused-ring (bicyclic) bond motifs is 1. The molecule has 36 heavy (non-hydrogen) atoms. The van der Waals surface area contributed by atoms with Gasteiger partial charge in [-0.05, 0) is 48.4 Å². The highest BCUT2D eigenvalue weighted by atomic mass is 16.5. The Hall–Kier alpha value is -4.27. The molecular weight excluding hydrogens is 452 g/mol. The van der Waals surface area contributed by atoms with Crippen LogP contribution in [0.4, 0.5) is 23.1 Å². The third-order valence-electron chi connectivity index (χ3n) is 6.04. The third-order valence-corrected chi connectivity index (χ3v) is 6.04. The van der Waals surface area contributed by atoms with Gasteiger partial charge in [-0.3, -0.25) is 4.79 Å². The van der Waals surface area contributed by atoms with Gasteiger partial charge in [0.15, 0.2) is 0 Å². The maximum Gasteiger partial charge on any atom is 0.250 e. The van der Waals surface area contributed by atoms with Crippen molar-refractivity contribution < 1.29 is 9.53 Å². The van der Waals surface area contributed by atoms with E-state index in [1.807, 2.05) is 66.7 Å². The fraction of sp³-hybridized carbons (Fsp3) is 0.179. The highest BCUT2D eigenvalue weighted by molar-refractivity contribution is 6.04. The molecule has 1 unspecified atom stereocenters. The van der Waals surface area contributed by atoms with Gasteiger partial charge in [0.1, 0.15) is 5.82 Å². The lowest BCUT2D eigenvalue weighted by Crippen LogP contribution is -2.33. The van der Waals surface area contributed by atoms with E-state index in [-0.39, 0.29) is 12.0 Å². The number of carbonyl (C=O) groups excluding carboxylic acids is 1. The van der Waals surface area contributed by atoms with Crippen LogP contribution in [0, 0.1) is 0 Å². The number of rotatable bonds is 6. The molecule has 1 aliphatic heterocycles. The van der Waals surface area contributed by atoms with Crippen molar-refractivity contribution in [3.8, 4) is 11.1 Å². The van der Waals surface area contributed by atoms with Crippen LogP contribution in [0.3, 0.4) is 0 Å². The summed E-state index contributed by atoms with van der Waals surface area (Å²) in [5, 5.41) is 10.2. The van der Waals surface area contributed by atoms with Crippen LogP contribution in [-0.4, -0.2) is 35.6 Å². The van der Waals surface area contributed by atoms with Crippen molar-refractivity contribution in [3.63, 3.8) is 0 Å². The van der Waals surface area contributed by atoms with Crippen LogP contribution >= 0.6 is 0 Å². The second-order valence-corrected chi connectivity index (χ2v) is 8.76. The van der Waals surface area contributed by atoms with Crippen molar-refractivity contribution >= 4 is 40.0 Å². The SMILES string of the molecule is C=C(C)C(=O)Nc1cccc(-c2cccc3c(N)nc(Nc4ccc(C5CNCCO5)cc4)nc23)c1. The number of para-hydroxylation sites is 1. The minimum atomic E-state index is -0.222. The summed E-state index contributed by atoms with van der Waals surface area (Å²) in [5.74, 6) is 0.567. The van der Waals surface area contributed by atoms with Gasteiger partial charge in [-0.2, -0.15) is 4.98 Å². The van der Waals surface area contributed by atoms with Crippen LogP contribution in [0.5, 0.6) is 0 Å². The lowest BCUT2D eigenvalue weighted by molar-refractivity contribution is -0.112. The highest BCUT2D eigenvalue weighted by Gasteiger charge is 2.16. The van der Waals surface area contributed by atoms with Crippen LogP contribution in [0.2, 0.25) is 0 Å². The molecule has 0 spiro atoms. The van der Waals surface area contributed by atoms with Crippen molar-refractivity contribution in [1.29, 1.82) is 0 Å². The first kappa shape index (κ1) is 23.5. The van der Waals surface area contributed by atoms with E-state index in [1.165, 1.54) is 0 Å². The van der Waals surface area contributed by atoms with Gasteiger partial charge in [0.2, 0.25) is 5.95 Å². The van der Waals surface area contributed by atoms with Gasteiger partial charge in [-0.15, -0.1) is 0 Å². The number of nitrogens with two attached hydrogens (primary N) is 1. The Labute approximate surface area is 209 Å². The second-order valence-electron chi connectivity index (χ2n) is 8.76. The number of ether oxygens (including phenoxy) is 1. The monoisotopic (exact) mass is 480 g/mol. The second kappa shape index (κ2) is 10.2. The summed E-state index contributed by atoms with van der Waals surface area (Å²) in [7, 11) is 0. The van der Waals surface area contributed by atoms with Crippen LogP contribution in [-0.2, 0) is 9.53 Å². The summed E-state index contributed by atoms with van der Waals surface area (Å²) in [4.78, 5) is 21.4. The Kier molecular flexibility index (Phi) is 6.62. The van der Waals surface area contributed by atoms with Crippen LogP contribution in [0.25, 0.3) is 22.0 Å². The first-order chi connectivity index (χ1) is 17.5. The van der Waals surface area contributed by atoms with Crippen molar-refractivity contribution in [2.45, 2.75) is 13.0 Å². The quantitative estimate of drug-likeness (QED) is 0.293. The molecular formula is C28H28N6O2. The fourth-order valence-corrected chi connectivity index (χ4v) is 4.16. The molecule has 8 nitrogen and oxygen atoms in total. The molecule has 5 rings (SSSR count). The smallest absolute Gasteiger partial charge is 0.250 e. The van der Waals surface area contributed by atoms with Gasteiger partial charge >= 0.3 is 0 Å². The molecule has 5 N–H and O–H groups in total. The van der Waals surface area contributed by atoms with Gasteiger partial charge in [0.05, 0.1) is 18.2 Å². The molecule has 182 valence electrons. The molecule has 1 aromatic heterocycles. The van der Waals surface area contributed by atoms with Gasteiger partial charge in [-0.1, -0.05) is 43.0 Å². The predicted molar refractivity (Wildman–Crippen MR) is 144 cm³/mol. The number of hydrogen-bond acceptors (Lipinski definition) is 7. The van der Waals surface area contributed by atoms with Gasteiger partial charge < -0.3 is 26.4 Å². The van der Waals surface area contributed by atoms with Crippen molar-refractivity contribution in [2.24, 2.45) is 0 Å². The average molecular weight is 481 g/mol. The zero-order chi connectivity index (χ0) is 25.1. The molecule has 3 aromatic carbocycles. The normalized spacial score (nSPS) is 15.4. The van der Waals surface area contributed by atoms with Crippen LogP contribution in [0.15, 0.2) is 78.9 Å². The minimum absolute atomic E-state index is 0.0545. The minimum Gasteiger partial charge on any atom is -0.383 e. The number of morpholine rings is 1. The summed E-state index contributed by atoms with van der Waals surface area (Å²) >= 11 is 0. The van der Waals surface area contributed by atoms with Gasteiger partial charge in [0.25, 0.3) is 5.91 Å². The molecule has 4 aromatic rings. The van der Waals surface area contributed by atoms with Crippen molar-refractivity contribution in [3.05, 3.63) is 84.4 Å². The summed E-state index contributed by atoms with van der Waals surface area (Å²) < 4.78 is 5.83. The number of benzene rings is 3. The van der Waals surface area contributed by atoms with E-state index in [1.54, 1.807) is 6.92 Å². The highest BCUT2D eigenvalue weighted by Crippen LogP contribution is 2.32. The molecule has 0 bridgehead atoms. The molecule has 2 heterocycles. The molecule has 1 aliphatic rings. The van der Waals surface area contributed by atoms with Crippen LogP contribution < -0.4 is 21.7 Å². The topological polar surface area (TPSA) is 114 Å². The number of nitrogens with one attached hydrogen (secondary N) is 3. The maximum absolute atomic E-state index is 12.1.